The monoisotopic (exact) mass is 182 g/mol. The molecule has 0 aliphatic carbocycles. The lowest BCUT2D eigenvalue weighted by Gasteiger charge is -2.05. The Hall–Kier alpha value is -0.990. The molecular weight excluding hydrogens is 164 g/mol. The number of nitrogens with zero attached hydrogens (tertiary/aromatic N) is 1. The van der Waals surface area contributed by atoms with E-state index in [1.165, 1.54) is 6.42 Å². The largest absolute Gasteiger partial charge is 0.289 e. The van der Waals surface area contributed by atoms with Gasteiger partial charge in [0.05, 0.1) is 0 Å². The van der Waals surface area contributed by atoms with Gasteiger partial charge < -0.3 is 0 Å². The van der Waals surface area contributed by atoms with Gasteiger partial charge in [-0.05, 0) is 19.3 Å². The maximum Gasteiger partial charge on any atom is 0.264 e. The van der Waals surface area contributed by atoms with Gasteiger partial charge in [0.25, 0.3) is 5.56 Å². The SMILES string of the molecule is CCCCc1cc(=O)[nH]n1CCC. The summed E-state index contributed by atoms with van der Waals surface area (Å²) in [6, 6.07) is 1.71. The fourth-order valence-electron chi connectivity index (χ4n) is 1.45. The molecule has 0 saturated carbocycles. The smallest absolute Gasteiger partial charge is 0.264 e. The Kier molecular flexibility index (Phi) is 3.80. The number of aromatic amines is 1. The third-order valence-electron chi connectivity index (χ3n) is 2.12. The summed E-state index contributed by atoms with van der Waals surface area (Å²) < 4.78 is 1.97. The van der Waals surface area contributed by atoms with Crippen molar-refractivity contribution in [3.63, 3.8) is 0 Å². The molecule has 1 aromatic rings. The van der Waals surface area contributed by atoms with Crippen molar-refractivity contribution in [1.29, 1.82) is 0 Å². The first-order valence-corrected chi connectivity index (χ1v) is 5.06. The van der Waals surface area contributed by atoms with Crippen LogP contribution in [0.25, 0.3) is 0 Å². The van der Waals surface area contributed by atoms with Crippen molar-refractivity contribution in [2.24, 2.45) is 0 Å². The Bertz CT molecular complexity index is 298. The van der Waals surface area contributed by atoms with E-state index in [1.807, 2.05) is 4.68 Å². The topological polar surface area (TPSA) is 37.8 Å². The highest BCUT2D eigenvalue weighted by atomic mass is 16.1. The van der Waals surface area contributed by atoms with E-state index in [2.05, 4.69) is 18.9 Å². The normalized spacial score (nSPS) is 10.6. The van der Waals surface area contributed by atoms with Gasteiger partial charge in [0.15, 0.2) is 0 Å². The zero-order valence-corrected chi connectivity index (χ0v) is 8.47. The average molecular weight is 182 g/mol. The molecule has 0 saturated heterocycles. The lowest BCUT2D eigenvalue weighted by molar-refractivity contribution is 0.562. The number of hydrogen-bond acceptors (Lipinski definition) is 1. The van der Waals surface area contributed by atoms with Gasteiger partial charge in [-0.3, -0.25) is 14.6 Å². The van der Waals surface area contributed by atoms with E-state index in [0.717, 1.165) is 31.5 Å². The van der Waals surface area contributed by atoms with E-state index in [4.69, 9.17) is 0 Å². The molecule has 1 heterocycles. The van der Waals surface area contributed by atoms with Crippen molar-refractivity contribution in [2.45, 2.75) is 46.1 Å². The minimum absolute atomic E-state index is 0.0274. The molecule has 0 atom stereocenters. The van der Waals surface area contributed by atoms with Crippen LogP contribution in [0.2, 0.25) is 0 Å². The summed E-state index contributed by atoms with van der Waals surface area (Å²) in [4.78, 5) is 11.1. The Morgan fingerprint density at radius 1 is 1.38 bits per heavy atom. The molecule has 0 aliphatic heterocycles. The average Bonchev–Trinajstić information content (AvgIpc) is 2.44. The molecule has 0 amide bonds. The molecule has 3 heteroatoms. The molecule has 74 valence electrons. The minimum atomic E-state index is 0.0274. The van der Waals surface area contributed by atoms with E-state index in [9.17, 15) is 4.79 Å². The van der Waals surface area contributed by atoms with Gasteiger partial charge in [0.2, 0.25) is 0 Å². The van der Waals surface area contributed by atoms with Crippen molar-refractivity contribution in [2.75, 3.05) is 0 Å². The van der Waals surface area contributed by atoms with Crippen molar-refractivity contribution >= 4 is 0 Å². The van der Waals surface area contributed by atoms with Gasteiger partial charge >= 0.3 is 0 Å². The van der Waals surface area contributed by atoms with Crippen LogP contribution in [0.3, 0.4) is 0 Å². The summed E-state index contributed by atoms with van der Waals surface area (Å²) in [7, 11) is 0. The standard InChI is InChI=1S/C10H18N2O/c1-3-5-6-9-8-10(13)11-12(9)7-4-2/h8H,3-7H2,1-2H3,(H,11,13). The first kappa shape index (κ1) is 10.1. The van der Waals surface area contributed by atoms with E-state index < -0.39 is 0 Å². The second-order valence-corrected chi connectivity index (χ2v) is 3.37. The van der Waals surface area contributed by atoms with Gasteiger partial charge in [-0.2, -0.15) is 0 Å². The molecule has 0 aromatic carbocycles. The molecule has 13 heavy (non-hydrogen) atoms. The van der Waals surface area contributed by atoms with Crippen LogP contribution in [-0.2, 0) is 13.0 Å². The van der Waals surface area contributed by atoms with E-state index >= 15 is 0 Å². The van der Waals surface area contributed by atoms with E-state index in [0.29, 0.717) is 0 Å². The predicted octanol–water partition coefficient (Wildman–Crippen LogP) is 1.93. The first-order valence-electron chi connectivity index (χ1n) is 5.06. The number of unbranched alkanes of at least 4 members (excludes halogenated alkanes) is 1. The zero-order chi connectivity index (χ0) is 9.68. The zero-order valence-electron chi connectivity index (χ0n) is 8.47. The number of aromatic nitrogens is 2. The Morgan fingerprint density at radius 3 is 2.77 bits per heavy atom. The quantitative estimate of drug-likeness (QED) is 0.742. The molecular formula is C10H18N2O. The van der Waals surface area contributed by atoms with Gasteiger partial charge in [-0.1, -0.05) is 20.3 Å². The van der Waals surface area contributed by atoms with E-state index in [-0.39, 0.29) is 5.56 Å². The summed E-state index contributed by atoms with van der Waals surface area (Å²) in [6.07, 6.45) is 4.39. The summed E-state index contributed by atoms with van der Waals surface area (Å²) in [6.45, 7) is 5.19. The van der Waals surface area contributed by atoms with Crippen LogP contribution in [-0.4, -0.2) is 9.78 Å². The Morgan fingerprint density at radius 2 is 2.15 bits per heavy atom. The van der Waals surface area contributed by atoms with Crippen LogP contribution in [0.5, 0.6) is 0 Å². The third kappa shape index (κ3) is 2.76. The molecule has 0 spiro atoms. The maximum absolute atomic E-state index is 11.1. The molecule has 0 unspecified atom stereocenters. The minimum Gasteiger partial charge on any atom is -0.289 e. The summed E-state index contributed by atoms with van der Waals surface area (Å²) in [5.74, 6) is 0. The van der Waals surface area contributed by atoms with Crippen LogP contribution >= 0.6 is 0 Å². The van der Waals surface area contributed by atoms with Crippen LogP contribution in [0.4, 0.5) is 0 Å². The summed E-state index contributed by atoms with van der Waals surface area (Å²) >= 11 is 0. The lowest BCUT2D eigenvalue weighted by atomic mass is 10.2. The second-order valence-electron chi connectivity index (χ2n) is 3.37. The number of aryl methyl sites for hydroxylation is 2. The van der Waals surface area contributed by atoms with Crippen LogP contribution in [0.1, 0.15) is 38.8 Å². The number of nitrogens with one attached hydrogen (secondary N) is 1. The third-order valence-corrected chi connectivity index (χ3v) is 2.12. The molecule has 1 rings (SSSR count). The highest BCUT2D eigenvalue weighted by Crippen LogP contribution is 2.02. The van der Waals surface area contributed by atoms with E-state index in [1.54, 1.807) is 6.07 Å². The summed E-state index contributed by atoms with van der Waals surface area (Å²) in [5.41, 5.74) is 1.17. The highest BCUT2D eigenvalue weighted by Gasteiger charge is 2.01. The Balaban J connectivity index is 2.72. The Labute approximate surface area is 78.8 Å². The van der Waals surface area contributed by atoms with Crippen molar-refractivity contribution in [3.8, 4) is 0 Å². The fraction of sp³-hybridized carbons (Fsp3) is 0.700. The van der Waals surface area contributed by atoms with Crippen molar-refractivity contribution in [3.05, 3.63) is 22.1 Å². The number of H-pyrrole nitrogens is 1. The predicted molar refractivity (Wildman–Crippen MR) is 54.0 cm³/mol. The number of hydrogen-bond donors (Lipinski definition) is 1. The molecule has 3 nitrogen and oxygen atoms in total. The molecule has 1 aromatic heterocycles. The van der Waals surface area contributed by atoms with Crippen LogP contribution < -0.4 is 5.56 Å². The molecule has 0 bridgehead atoms. The lowest BCUT2D eigenvalue weighted by Crippen LogP contribution is -2.07. The van der Waals surface area contributed by atoms with Crippen LogP contribution in [0.15, 0.2) is 10.9 Å². The van der Waals surface area contributed by atoms with Gasteiger partial charge in [0.1, 0.15) is 0 Å². The highest BCUT2D eigenvalue weighted by molar-refractivity contribution is 5.00. The molecule has 0 aliphatic rings. The van der Waals surface area contributed by atoms with Gasteiger partial charge in [0, 0.05) is 18.3 Å². The molecule has 0 fully saturated rings. The molecule has 0 radical (unpaired) electrons. The van der Waals surface area contributed by atoms with Gasteiger partial charge in [-0.25, -0.2) is 0 Å². The summed E-state index contributed by atoms with van der Waals surface area (Å²) in [5, 5.41) is 2.82. The maximum atomic E-state index is 11.1. The van der Waals surface area contributed by atoms with Crippen molar-refractivity contribution < 1.29 is 0 Å². The fourth-order valence-corrected chi connectivity index (χ4v) is 1.45. The number of rotatable bonds is 5. The van der Waals surface area contributed by atoms with Crippen molar-refractivity contribution in [1.82, 2.24) is 9.78 Å². The van der Waals surface area contributed by atoms with Gasteiger partial charge in [-0.15, -0.1) is 0 Å². The molecule has 1 N–H and O–H groups in total. The first-order chi connectivity index (χ1) is 6.27. The van der Waals surface area contributed by atoms with Crippen LogP contribution in [0, 0.1) is 0 Å². The second kappa shape index (κ2) is 4.90.